The van der Waals surface area contributed by atoms with Gasteiger partial charge in [0.2, 0.25) is 0 Å². The molecule has 2 heterocycles. The maximum atomic E-state index is 12.8. The molecule has 132 valence electrons. The number of aliphatic imine (C=N–C) groups is 1. The highest BCUT2D eigenvalue weighted by atomic mass is 127. The Hall–Kier alpha value is -0.580. The molecular formula is C14H24F2IN5S. The summed E-state index contributed by atoms with van der Waals surface area (Å²) in [5.74, 6) is 2.13. The second kappa shape index (κ2) is 10.3. The van der Waals surface area contributed by atoms with Crippen LogP contribution in [0.3, 0.4) is 0 Å². The van der Waals surface area contributed by atoms with Gasteiger partial charge in [0.05, 0.1) is 0 Å². The molecular weight excluding hydrogens is 435 g/mol. The van der Waals surface area contributed by atoms with Crippen molar-refractivity contribution in [3.05, 3.63) is 18.2 Å². The number of halogens is 3. The molecule has 1 aromatic heterocycles. The van der Waals surface area contributed by atoms with E-state index in [9.17, 15) is 8.78 Å². The van der Waals surface area contributed by atoms with Gasteiger partial charge in [0.1, 0.15) is 12.4 Å². The smallest absolute Gasteiger partial charge is 0.319 e. The van der Waals surface area contributed by atoms with Gasteiger partial charge in [0.25, 0.3) is 0 Å². The Bertz CT molecular complexity index is 497. The van der Waals surface area contributed by atoms with Crippen LogP contribution in [0.4, 0.5) is 8.78 Å². The predicted molar refractivity (Wildman–Crippen MR) is 102 cm³/mol. The molecule has 9 heteroatoms. The Morgan fingerprint density at radius 1 is 1.52 bits per heavy atom. The van der Waals surface area contributed by atoms with Gasteiger partial charge in [-0.2, -0.15) is 20.5 Å². The van der Waals surface area contributed by atoms with Crippen molar-refractivity contribution in [1.82, 2.24) is 19.8 Å². The van der Waals surface area contributed by atoms with Crippen LogP contribution in [0, 0.1) is 0 Å². The fraction of sp³-hybridized carbons (Fsp3) is 0.714. The zero-order valence-corrected chi connectivity index (χ0v) is 16.6. The lowest BCUT2D eigenvalue weighted by Gasteiger charge is -2.34. The summed E-state index contributed by atoms with van der Waals surface area (Å²) in [6, 6.07) is 0. The van der Waals surface area contributed by atoms with Gasteiger partial charge in [0.15, 0.2) is 5.96 Å². The van der Waals surface area contributed by atoms with Crippen molar-refractivity contribution >= 4 is 41.7 Å². The van der Waals surface area contributed by atoms with E-state index in [0.717, 1.165) is 42.3 Å². The normalized spacial score (nSPS) is 18.9. The molecule has 1 saturated heterocycles. The molecule has 0 aliphatic carbocycles. The number of hydrogen-bond acceptors (Lipinski definition) is 3. The summed E-state index contributed by atoms with van der Waals surface area (Å²) in [5, 5.41) is 3.85. The van der Waals surface area contributed by atoms with Crippen LogP contribution in [-0.4, -0.2) is 51.0 Å². The molecule has 0 radical (unpaired) electrons. The molecule has 1 atom stereocenters. The number of hydrogen-bond donors (Lipinski definition) is 1. The fourth-order valence-electron chi connectivity index (χ4n) is 2.37. The summed E-state index contributed by atoms with van der Waals surface area (Å²) < 4.78 is 26.5. The number of rotatable bonds is 5. The van der Waals surface area contributed by atoms with Gasteiger partial charge in [-0.15, -0.1) is 24.0 Å². The fourth-order valence-corrected chi connectivity index (χ4v) is 3.55. The minimum absolute atomic E-state index is 0. The van der Waals surface area contributed by atoms with Crippen LogP contribution in [0.5, 0.6) is 0 Å². The molecule has 1 aliphatic heterocycles. The van der Waals surface area contributed by atoms with Crippen LogP contribution >= 0.6 is 35.7 Å². The number of nitrogens with one attached hydrogen (secondary N) is 1. The Morgan fingerprint density at radius 3 is 2.96 bits per heavy atom. The summed E-state index contributed by atoms with van der Waals surface area (Å²) >= 11 is 1.98. The van der Waals surface area contributed by atoms with E-state index < -0.39 is 6.55 Å². The summed E-state index contributed by atoms with van der Waals surface area (Å²) in [6.07, 6.45) is 3.79. The zero-order chi connectivity index (χ0) is 15.9. The van der Waals surface area contributed by atoms with Gasteiger partial charge in [-0.3, -0.25) is 4.57 Å². The molecule has 2 rings (SSSR count). The first-order valence-electron chi connectivity index (χ1n) is 7.60. The van der Waals surface area contributed by atoms with E-state index in [0.29, 0.717) is 5.25 Å². The SMILES string of the molecule is CCNC(=NCc1nccn1C(F)F)N1CCSC(CC)C1.I. The van der Waals surface area contributed by atoms with Crippen LogP contribution < -0.4 is 5.32 Å². The van der Waals surface area contributed by atoms with Gasteiger partial charge in [-0.1, -0.05) is 6.92 Å². The van der Waals surface area contributed by atoms with Gasteiger partial charge in [-0.25, -0.2) is 9.98 Å². The van der Waals surface area contributed by atoms with Crippen LogP contribution in [0.2, 0.25) is 0 Å². The third kappa shape index (κ3) is 5.77. The second-order valence-corrected chi connectivity index (χ2v) is 6.45. The highest BCUT2D eigenvalue weighted by Crippen LogP contribution is 2.21. The Morgan fingerprint density at radius 2 is 2.30 bits per heavy atom. The summed E-state index contributed by atoms with van der Waals surface area (Å²) in [4.78, 5) is 10.7. The van der Waals surface area contributed by atoms with Crippen molar-refractivity contribution in [2.45, 2.75) is 38.6 Å². The van der Waals surface area contributed by atoms with Crippen molar-refractivity contribution in [3.8, 4) is 0 Å². The first-order valence-corrected chi connectivity index (χ1v) is 8.65. The van der Waals surface area contributed by atoms with Gasteiger partial charge in [0, 0.05) is 43.0 Å². The summed E-state index contributed by atoms with van der Waals surface area (Å²) in [5.41, 5.74) is 0. The molecule has 0 saturated carbocycles. The van der Waals surface area contributed by atoms with Gasteiger partial charge >= 0.3 is 6.55 Å². The lowest BCUT2D eigenvalue weighted by molar-refractivity contribution is 0.0671. The molecule has 1 N–H and O–H groups in total. The van der Waals surface area contributed by atoms with Crippen molar-refractivity contribution in [3.63, 3.8) is 0 Å². The number of nitrogens with zero attached hydrogens (tertiary/aromatic N) is 4. The standard InChI is InChI=1S/C14H23F2N5S.HI/c1-3-11-10-20(7-8-22-11)14(17-4-2)19-9-12-18-5-6-21(12)13(15)16;/h5-6,11,13H,3-4,7-10H2,1-2H3,(H,17,19);1H. The van der Waals surface area contributed by atoms with Crippen molar-refractivity contribution < 1.29 is 8.78 Å². The molecule has 0 aromatic carbocycles. The van der Waals surface area contributed by atoms with Crippen molar-refractivity contribution in [2.24, 2.45) is 4.99 Å². The topological polar surface area (TPSA) is 45.5 Å². The maximum absolute atomic E-state index is 12.8. The van der Waals surface area contributed by atoms with E-state index >= 15 is 0 Å². The van der Waals surface area contributed by atoms with Crippen molar-refractivity contribution in [1.29, 1.82) is 0 Å². The largest absolute Gasteiger partial charge is 0.357 e. The molecule has 23 heavy (non-hydrogen) atoms. The molecule has 1 aromatic rings. The molecule has 1 fully saturated rings. The highest BCUT2D eigenvalue weighted by molar-refractivity contribution is 14.0. The van der Waals surface area contributed by atoms with E-state index in [4.69, 9.17) is 0 Å². The van der Waals surface area contributed by atoms with E-state index in [-0.39, 0.29) is 36.3 Å². The van der Waals surface area contributed by atoms with Crippen LogP contribution in [0.25, 0.3) is 0 Å². The maximum Gasteiger partial charge on any atom is 0.319 e. The molecule has 1 unspecified atom stereocenters. The third-order valence-electron chi connectivity index (χ3n) is 3.56. The quantitative estimate of drug-likeness (QED) is 0.418. The summed E-state index contributed by atoms with van der Waals surface area (Å²) in [7, 11) is 0. The number of guanidine groups is 1. The number of aromatic nitrogens is 2. The number of alkyl halides is 2. The lowest BCUT2D eigenvalue weighted by atomic mass is 10.3. The average molecular weight is 459 g/mol. The predicted octanol–water partition coefficient (Wildman–Crippen LogP) is 3.19. The van der Waals surface area contributed by atoms with Gasteiger partial charge < -0.3 is 10.2 Å². The van der Waals surface area contributed by atoms with E-state index in [1.807, 2.05) is 18.7 Å². The third-order valence-corrected chi connectivity index (χ3v) is 4.93. The lowest BCUT2D eigenvalue weighted by Crippen LogP contribution is -2.48. The van der Waals surface area contributed by atoms with Crippen LogP contribution in [0.15, 0.2) is 17.4 Å². The van der Waals surface area contributed by atoms with E-state index in [1.54, 1.807) is 0 Å². The van der Waals surface area contributed by atoms with Gasteiger partial charge in [-0.05, 0) is 13.3 Å². The summed E-state index contributed by atoms with van der Waals surface area (Å²) in [6.45, 7) is 4.39. The first kappa shape index (κ1) is 20.5. The first-order chi connectivity index (χ1) is 10.7. The van der Waals surface area contributed by atoms with E-state index in [2.05, 4.69) is 27.1 Å². The van der Waals surface area contributed by atoms with E-state index in [1.165, 1.54) is 12.4 Å². The monoisotopic (exact) mass is 459 g/mol. The number of imidazole rings is 1. The molecule has 5 nitrogen and oxygen atoms in total. The van der Waals surface area contributed by atoms with Crippen molar-refractivity contribution in [2.75, 3.05) is 25.4 Å². The molecule has 0 bridgehead atoms. The van der Waals surface area contributed by atoms with Crippen LogP contribution in [-0.2, 0) is 6.54 Å². The highest BCUT2D eigenvalue weighted by Gasteiger charge is 2.21. The van der Waals surface area contributed by atoms with Crippen LogP contribution in [0.1, 0.15) is 32.6 Å². The zero-order valence-electron chi connectivity index (χ0n) is 13.4. The minimum Gasteiger partial charge on any atom is -0.357 e. The minimum atomic E-state index is -2.58. The second-order valence-electron chi connectivity index (χ2n) is 5.05. The Kier molecular flexibility index (Phi) is 9.18. The average Bonchev–Trinajstić information content (AvgIpc) is 3.00. The molecule has 0 amide bonds. The Balaban J connectivity index is 0.00000264. The molecule has 0 spiro atoms. The number of thioether (sulfide) groups is 1. The Labute approximate surface area is 157 Å². The molecule has 1 aliphatic rings.